The highest BCUT2D eigenvalue weighted by atomic mass is 32.1. The van der Waals surface area contributed by atoms with Crippen molar-refractivity contribution in [3.05, 3.63) is 89.5 Å². The topological polar surface area (TPSA) is 46.1 Å². The molecule has 30 heavy (non-hydrogen) atoms. The van der Waals surface area contributed by atoms with E-state index in [2.05, 4.69) is 30.7 Å². The number of hydrogen-bond donors (Lipinski definition) is 0. The minimum atomic E-state index is -0.390. The Hall–Kier alpha value is -3.12. The molecule has 0 atom stereocenters. The van der Waals surface area contributed by atoms with Gasteiger partial charge in [-0.25, -0.2) is 9.37 Å². The number of rotatable bonds is 4. The van der Waals surface area contributed by atoms with Crippen LogP contribution in [-0.4, -0.2) is 15.9 Å². The number of benzene rings is 2. The Bertz CT molecular complexity index is 1180. The fourth-order valence-electron chi connectivity index (χ4n) is 3.19. The zero-order valence-corrected chi connectivity index (χ0v) is 17.9. The van der Waals surface area contributed by atoms with Gasteiger partial charge in [0.25, 0.3) is 5.91 Å². The summed E-state index contributed by atoms with van der Waals surface area (Å²) >= 11 is 1.30. The van der Waals surface area contributed by atoms with E-state index in [-0.39, 0.29) is 16.8 Å². The van der Waals surface area contributed by atoms with Gasteiger partial charge in [-0.15, -0.1) is 0 Å². The Morgan fingerprint density at radius 2 is 1.83 bits per heavy atom. The fourth-order valence-corrected chi connectivity index (χ4v) is 4.17. The summed E-state index contributed by atoms with van der Waals surface area (Å²) in [5.41, 5.74) is 2.87. The monoisotopic (exact) mass is 419 g/mol. The quantitative estimate of drug-likeness (QED) is 0.409. The average Bonchev–Trinajstić information content (AvgIpc) is 3.17. The van der Waals surface area contributed by atoms with Crippen LogP contribution < -0.4 is 4.90 Å². The number of para-hydroxylation sites is 1. The third-order valence-electron chi connectivity index (χ3n) is 4.90. The minimum Gasteiger partial charge on any atom is -0.279 e. The molecule has 0 saturated heterocycles. The van der Waals surface area contributed by atoms with Crippen LogP contribution in [0.4, 0.5) is 9.52 Å². The van der Waals surface area contributed by atoms with Gasteiger partial charge in [0.15, 0.2) is 5.13 Å². The van der Waals surface area contributed by atoms with E-state index in [1.54, 1.807) is 23.4 Å². The molecule has 0 aliphatic carbocycles. The van der Waals surface area contributed by atoms with Gasteiger partial charge in [0, 0.05) is 18.0 Å². The van der Waals surface area contributed by atoms with E-state index in [0.29, 0.717) is 21.9 Å². The van der Waals surface area contributed by atoms with Crippen molar-refractivity contribution in [1.82, 2.24) is 9.97 Å². The largest absolute Gasteiger partial charge is 0.279 e. The number of nitrogens with zero attached hydrogens (tertiary/aromatic N) is 3. The van der Waals surface area contributed by atoms with E-state index >= 15 is 0 Å². The molecule has 2 aromatic carbocycles. The molecule has 4 rings (SSSR count). The van der Waals surface area contributed by atoms with Gasteiger partial charge in [-0.1, -0.05) is 56.4 Å². The molecule has 0 aliphatic rings. The van der Waals surface area contributed by atoms with Gasteiger partial charge < -0.3 is 0 Å². The Labute approximate surface area is 179 Å². The van der Waals surface area contributed by atoms with Crippen LogP contribution in [0, 0.1) is 5.82 Å². The van der Waals surface area contributed by atoms with Gasteiger partial charge in [0.1, 0.15) is 11.3 Å². The Balaban J connectivity index is 1.74. The third-order valence-corrected chi connectivity index (χ3v) is 5.94. The molecule has 2 heterocycles. The maximum atomic E-state index is 14.2. The normalized spacial score (nSPS) is 11.6. The predicted octanol–water partition coefficient (Wildman–Crippen LogP) is 5.97. The summed E-state index contributed by atoms with van der Waals surface area (Å²) in [5, 5.41) is 0.462. The van der Waals surface area contributed by atoms with Crippen LogP contribution in [0.1, 0.15) is 42.3 Å². The molecule has 0 saturated carbocycles. The van der Waals surface area contributed by atoms with Crippen LogP contribution in [0.2, 0.25) is 0 Å². The molecular weight excluding hydrogens is 397 g/mol. The van der Waals surface area contributed by atoms with E-state index in [1.807, 2.05) is 42.5 Å². The summed E-state index contributed by atoms with van der Waals surface area (Å²) in [5.74, 6) is -0.572. The number of pyridine rings is 1. The molecule has 0 N–H and O–H groups in total. The van der Waals surface area contributed by atoms with Crippen LogP contribution in [0.3, 0.4) is 0 Å². The molecule has 0 radical (unpaired) electrons. The molecule has 0 aliphatic heterocycles. The van der Waals surface area contributed by atoms with Gasteiger partial charge in [0.2, 0.25) is 0 Å². The van der Waals surface area contributed by atoms with Crippen molar-refractivity contribution in [2.45, 2.75) is 32.7 Å². The van der Waals surface area contributed by atoms with E-state index < -0.39 is 5.82 Å². The highest BCUT2D eigenvalue weighted by Crippen LogP contribution is 2.32. The Morgan fingerprint density at radius 1 is 1.07 bits per heavy atom. The first-order chi connectivity index (χ1) is 14.3. The first-order valence-electron chi connectivity index (χ1n) is 9.69. The van der Waals surface area contributed by atoms with Crippen LogP contribution in [0.25, 0.3) is 10.2 Å². The molecule has 2 aromatic heterocycles. The molecule has 0 unspecified atom stereocenters. The van der Waals surface area contributed by atoms with Crippen LogP contribution >= 0.6 is 11.3 Å². The molecule has 1 amide bonds. The average molecular weight is 420 g/mol. The molecule has 4 aromatic rings. The molecule has 0 spiro atoms. The summed E-state index contributed by atoms with van der Waals surface area (Å²) in [6.45, 7) is 6.70. The number of aromatic nitrogens is 2. The smallest absolute Gasteiger partial charge is 0.260 e. The van der Waals surface area contributed by atoms with Crippen LogP contribution in [-0.2, 0) is 12.0 Å². The Kier molecular flexibility index (Phi) is 5.35. The fraction of sp³-hybridized carbons (Fsp3) is 0.208. The SMILES string of the molecule is CC(C)(C)c1ccc(C(=O)N(Cc2cccnc2)c2nc3c(F)cccc3s2)cc1. The number of carbonyl (C=O) groups is 1. The lowest BCUT2D eigenvalue weighted by atomic mass is 9.86. The predicted molar refractivity (Wildman–Crippen MR) is 119 cm³/mol. The summed E-state index contributed by atoms with van der Waals surface area (Å²) in [6.07, 6.45) is 3.41. The highest BCUT2D eigenvalue weighted by Gasteiger charge is 2.23. The van der Waals surface area contributed by atoms with Crippen molar-refractivity contribution in [1.29, 1.82) is 0 Å². The number of hydrogen-bond acceptors (Lipinski definition) is 4. The first kappa shape index (κ1) is 20.2. The molecule has 0 fully saturated rings. The maximum absolute atomic E-state index is 14.2. The number of fused-ring (bicyclic) bond motifs is 1. The number of anilines is 1. The van der Waals surface area contributed by atoms with E-state index in [9.17, 15) is 9.18 Å². The van der Waals surface area contributed by atoms with Gasteiger partial charge >= 0.3 is 0 Å². The summed E-state index contributed by atoms with van der Waals surface area (Å²) in [7, 11) is 0. The van der Waals surface area contributed by atoms with Crippen LogP contribution in [0.5, 0.6) is 0 Å². The maximum Gasteiger partial charge on any atom is 0.260 e. The highest BCUT2D eigenvalue weighted by molar-refractivity contribution is 7.22. The number of carbonyl (C=O) groups excluding carboxylic acids is 1. The van der Waals surface area contributed by atoms with Gasteiger partial charge in [0.05, 0.1) is 11.2 Å². The number of thiazole rings is 1. The van der Waals surface area contributed by atoms with Crippen molar-refractivity contribution in [2.75, 3.05) is 4.90 Å². The van der Waals surface area contributed by atoms with Crippen molar-refractivity contribution in [2.24, 2.45) is 0 Å². The lowest BCUT2D eigenvalue weighted by molar-refractivity contribution is 0.0985. The second kappa shape index (κ2) is 7.95. The van der Waals surface area contributed by atoms with Crippen molar-refractivity contribution in [3.63, 3.8) is 0 Å². The third kappa shape index (κ3) is 4.09. The summed E-state index contributed by atoms with van der Waals surface area (Å²) < 4.78 is 14.9. The molecule has 4 nitrogen and oxygen atoms in total. The van der Waals surface area contributed by atoms with Gasteiger partial charge in [-0.2, -0.15) is 0 Å². The lowest BCUT2D eigenvalue weighted by Crippen LogP contribution is -2.30. The van der Waals surface area contributed by atoms with Crippen molar-refractivity contribution in [3.8, 4) is 0 Å². The van der Waals surface area contributed by atoms with E-state index in [1.165, 1.54) is 17.4 Å². The summed E-state index contributed by atoms with van der Waals surface area (Å²) in [4.78, 5) is 23.6. The van der Waals surface area contributed by atoms with Gasteiger partial charge in [-0.05, 0) is 46.9 Å². The molecule has 6 heteroatoms. The first-order valence-corrected chi connectivity index (χ1v) is 10.5. The standard InChI is InChI=1S/C24H22FN3OS/c1-24(2,3)18-11-9-17(10-12-18)22(29)28(15-16-6-5-13-26-14-16)23-27-21-19(25)7-4-8-20(21)30-23/h4-14H,15H2,1-3H3. The second-order valence-electron chi connectivity index (χ2n) is 8.16. The second-order valence-corrected chi connectivity index (χ2v) is 9.17. The van der Waals surface area contributed by atoms with Gasteiger partial charge in [-0.3, -0.25) is 14.7 Å². The Morgan fingerprint density at radius 3 is 2.47 bits per heavy atom. The number of halogens is 1. The van der Waals surface area contributed by atoms with Crippen LogP contribution in [0.15, 0.2) is 67.0 Å². The zero-order valence-electron chi connectivity index (χ0n) is 17.1. The van der Waals surface area contributed by atoms with E-state index in [4.69, 9.17) is 0 Å². The van der Waals surface area contributed by atoms with E-state index in [0.717, 1.165) is 11.1 Å². The van der Waals surface area contributed by atoms with Crippen molar-refractivity contribution >= 4 is 32.6 Å². The molecular formula is C24H22FN3OS. The molecule has 0 bridgehead atoms. The number of amides is 1. The molecule has 152 valence electrons. The zero-order chi connectivity index (χ0) is 21.3. The lowest BCUT2D eigenvalue weighted by Gasteiger charge is -2.22. The minimum absolute atomic E-state index is 0.00152. The van der Waals surface area contributed by atoms with Crippen molar-refractivity contribution < 1.29 is 9.18 Å². The summed E-state index contributed by atoms with van der Waals surface area (Å²) in [6, 6.07) is 16.2.